The van der Waals surface area contributed by atoms with Gasteiger partial charge in [0.25, 0.3) is 0 Å². The molecular formula is C13H21NO4S. The van der Waals surface area contributed by atoms with E-state index in [1.807, 2.05) is 6.92 Å². The second kappa shape index (κ2) is 6.88. The van der Waals surface area contributed by atoms with Crippen molar-refractivity contribution in [1.82, 2.24) is 4.31 Å². The van der Waals surface area contributed by atoms with Crippen molar-refractivity contribution in [3.8, 4) is 5.75 Å². The largest absolute Gasteiger partial charge is 0.495 e. The van der Waals surface area contributed by atoms with Crippen molar-refractivity contribution < 1.29 is 18.3 Å². The lowest BCUT2D eigenvalue weighted by Crippen LogP contribution is -2.32. The van der Waals surface area contributed by atoms with Crippen molar-refractivity contribution in [2.24, 2.45) is 0 Å². The molecule has 0 aliphatic heterocycles. The number of hydrogen-bond acceptors (Lipinski definition) is 4. The van der Waals surface area contributed by atoms with Crippen LogP contribution in [0.25, 0.3) is 0 Å². The van der Waals surface area contributed by atoms with E-state index in [4.69, 9.17) is 9.84 Å². The minimum atomic E-state index is -3.59. The van der Waals surface area contributed by atoms with E-state index < -0.39 is 10.0 Å². The van der Waals surface area contributed by atoms with Crippen LogP contribution in [0.5, 0.6) is 5.75 Å². The highest BCUT2D eigenvalue weighted by Gasteiger charge is 2.26. The molecule has 108 valence electrons. The fourth-order valence-electron chi connectivity index (χ4n) is 1.86. The number of ether oxygens (including phenoxy) is 1. The average molecular weight is 287 g/mol. The molecule has 0 unspecified atom stereocenters. The smallest absolute Gasteiger partial charge is 0.246 e. The van der Waals surface area contributed by atoms with Gasteiger partial charge in [-0.2, -0.15) is 4.31 Å². The number of hydrogen-bond donors (Lipinski definition) is 1. The van der Waals surface area contributed by atoms with Gasteiger partial charge in [0.05, 0.1) is 13.7 Å². The summed E-state index contributed by atoms with van der Waals surface area (Å²) in [5.41, 5.74) is 0.548. The summed E-state index contributed by atoms with van der Waals surface area (Å²) in [6.07, 6.45) is 0.745. The first kappa shape index (κ1) is 15.9. The molecule has 0 saturated carbocycles. The van der Waals surface area contributed by atoms with Gasteiger partial charge in [0.1, 0.15) is 10.6 Å². The van der Waals surface area contributed by atoms with Gasteiger partial charge in [-0.3, -0.25) is 0 Å². The first-order chi connectivity index (χ1) is 9.01. The van der Waals surface area contributed by atoms with Crippen LogP contribution in [0.2, 0.25) is 0 Å². The Hall–Kier alpha value is -1.11. The Morgan fingerprint density at radius 2 is 2.00 bits per heavy atom. The Morgan fingerprint density at radius 3 is 2.47 bits per heavy atom. The fourth-order valence-corrected chi connectivity index (χ4v) is 3.60. The highest BCUT2D eigenvalue weighted by atomic mass is 32.2. The summed E-state index contributed by atoms with van der Waals surface area (Å²) in [5, 5.41) is 9.14. The molecule has 5 nitrogen and oxygen atoms in total. The van der Waals surface area contributed by atoms with Crippen LogP contribution in [-0.2, 0) is 16.6 Å². The number of benzene rings is 1. The van der Waals surface area contributed by atoms with Crippen LogP contribution in [0, 0.1) is 0 Å². The lowest BCUT2D eigenvalue weighted by atomic mass is 10.2. The summed E-state index contributed by atoms with van der Waals surface area (Å²) in [7, 11) is -2.16. The molecule has 0 atom stereocenters. The number of aliphatic hydroxyl groups is 1. The second-order valence-electron chi connectivity index (χ2n) is 4.14. The van der Waals surface area contributed by atoms with Gasteiger partial charge < -0.3 is 9.84 Å². The molecule has 0 aromatic heterocycles. The number of aliphatic hydroxyl groups excluding tert-OH is 1. The van der Waals surface area contributed by atoms with E-state index >= 15 is 0 Å². The lowest BCUT2D eigenvalue weighted by molar-refractivity contribution is 0.281. The van der Waals surface area contributed by atoms with E-state index in [1.165, 1.54) is 17.5 Å². The molecule has 0 aliphatic carbocycles. The van der Waals surface area contributed by atoms with Gasteiger partial charge in [0.15, 0.2) is 0 Å². The standard InChI is InChI=1S/C13H21NO4S/c1-4-8-14(5-2)19(16,17)13-9-11(10-15)6-7-12(13)18-3/h6-7,9,15H,4-5,8,10H2,1-3H3. The van der Waals surface area contributed by atoms with Crippen molar-refractivity contribution in [3.05, 3.63) is 23.8 Å². The molecule has 6 heteroatoms. The SMILES string of the molecule is CCCN(CC)S(=O)(=O)c1cc(CO)ccc1OC. The van der Waals surface area contributed by atoms with Gasteiger partial charge in [-0.15, -0.1) is 0 Å². The van der Waals surface area contributed by atoms with Crippen LogP contribution < -0.4 is 4.74 Å². The van der Waals surface area contributed by atoms with Gasteiger partial charge in [-0.25, -0.2) is 8.42 Å². The normalized spacial score (nSPS) is 11.8. The van der Waals surface area contributed by atoms with Crippen molar-refractivity contribution in [2.45, 2.75) is 31.8 Å². The fraction of sp³-hybridized carbons (Fsp3) is 0.538. The van der Waals surface area contributed by atoms with Crippen molar-refractivity contribution >= 4 is 10.0 Å². The topological polar surface area (TPSA) is 66.8 Å². The highest BCUT2D eigenvalue weighted by Crippen LogP contribution is 2.28. The second-order valence-corrected chi connectivity index (χ2v) is 6.05. The molecule has 0 fully saturated rings. The summed E-state index contributed by atoms with van der Waals surface area (Å²) in [5.74, 6) is 0.298. The molecule has 0 spiro atoms. The van der Waals surface area contributed by atoms with Crippen LogP contribution >= 0.6 is 0 Å². The van der Waals surface area contributed by atoms with Gasteiger partial charge in [-0.1, -0.05) is 19.9 Å². The Bertz CT molecular complexity index is 513. The Labute approximate surface area is 114 Å². The third-order valence-corrected chi connectivity index (χ3v) is 4.85. The van der Waals surface area contributed by atoms with Crippen LogP contribution in [0.4, 0.5) is 0 Å². The molecule has 1 rings (SSSR count). The number of rotatable bonds is 7. The molecule has 0 aliphatic rings. The molecular weight excluding hydrogens is 266 g/mol. The summed E-state index contributed by atoms with van der Waals surface area (Å²) < 4.78 is 31.7. The Morgan fingerprint density at radius 1 is 1.32 bits per heavy atom. The quantitative estimate of drug-likeness (QED) is 0.827. The molecule has 0 bridgehead atoms. The molecule has 1 aromatic rings. The first-order valence-corrected chi connectivity index (χ1v) is 7.73. The number of methoxy groups -OCH3 is 1. The predicted octanol–water partition coefficient (Wildman–Crippen LogP) is 1.61. The third kappa shape index (κ3) is 3.46. The monoisotopic (exact) mass is 287 g/mol. The Balaban J connectivity index is 3.32. The van der Waals surface area contributed by atoms with Crippen LogP contribution in [0.3, 0.4) is 0 Å². The van der Waals surface area contributed by atoms with E-state index in [2.05, 4.69) is 0 Å². The Kier molecular flexibility index (Phi) is 5.78. The molecule has 1 aromatic carbocycles. The first-order valence-electron chi connectivity index (χ1n) is 6.29. The van der Waals surface area contributed by atoms with Crippen molar-refractivity contribution in [2.75, 3.05) is 20.2 Å². The average Bonchev–Trinajstić information content (AvgIpc) is 2.43. The zero-order valence-electron chi connectivity index (χ0n) is 11.6. The minimum Gasteiger partial charge on any atom is -0.495 e. The van der Waals surface area contributed by atoms with E-state index in [0.717, 1.165) is 6.42 Å². The maximum atomic E-state index is 12.6. The van der Waals surface area contributed by atoms with E-state index in [1.54, 1.807) is 19.1 Å². The summed E-state index contributed by atoms with van der Waals surface area (Å²) in [6, 6.07) is 4.68. The van der Waals surface area contributed by atoms with Crippen molar-refractivity contribution in [3.63, 3.8) is 0 Å². The minimum absolute atomic E-state index is 0.108. The molecule has 0 amide bonds. The summed E-state index contributed by atoms with van der Waals surface area (Å²) >= 11 is 0. The van der Waals surface area contributed by atoms with E-state index in [0.29, 0.717) is 24.4 Å². The highest BCUT2D eigenvalue weighted by molar-refractivity contribution is 7.89. The van der Waals surface area contributed by atoms with E-state index in [9.17, 15) is 8.42 Å². The maximum Gasteiger partial charge on any atom is 0.246 e. The van der Waals surface area contributed by atoms with Gasteiger partial charge in [0.2, 0.25) is 10.0 Å². The van der Waals surface area contributed by atoms with E-state index in [-0.39, 0.29) is 11.5 Å². The summed E-state index contributed by atoms with van der Waals surface area (Å²) in [6.45, 7) is 4.40. The summed E-state index contributed by atoms with van der Waals surface area (Å²) in [4.78, 5) is 0.108. The molecule has 1 N–H and O–H groups in total. The van der Waals surface area contributed by atoms with Crippen LogP contribution in [-0.4, -0.2) is 38.0 Å². The van der Waals surface area contributed by atoms with Gasteiger partial charge >= 0.3 is 0 Å². The number of nitrogens with zero attached hydrogens (tertiary/aromatic N) is 1. The van der Waals surface area contributed by atoms with Crippen molar-refractivity contribution in [1.29, 1.82) is 0 Å². The molecule has 0 heterocycles. The maximum absolute atomic E-state index is 12.6. The zero-order chi connectivity index (χ0) is 14.5. The van der Waals surface area contributed by atoms with Gasteiger partial charge in [-0.05, 0) is 24.1 Å². The predicted molar refractivity (Wildman–Crippen MR) is 73.6 cm³/mol. The van der Waals surface area contributed by atoms with Gasteiger partial charge in [0, 0.05) is 13.1 Å². The van der Waals surface area contributed by atoms with Crippen LogP contribution in [0.1, 0.15) is 25.8 Å². The van der Waals surface area contributed by atoms with Crippen LogP contribution in [0.15, 0.2) is 23.1 Å². The number of sulfonamides is 1. The zero-order valence-corrected chi connectivity index (χ0v) is 12.4. The molecule has 0 saturated heterocycles. The molecule has 0 radical (unpaired) electrons. The third-order valence-electron chi connectivity index (χ3n) is 2.85. The molecule has 19 heavy (non-hydrogen) atoms. The lowest BCUT2D eigenvalue weighted by Gasteiger charge is -2.21.